The van der Waals surface area contributed by atoms with Gasteiger partial charge in [0.2, 0.25) is 0 Å². The van der Waals surface area contributed by atoms with Crippen molar-refractivity contribution in [2.24, 2.45) is 0 Å². The molecular weight excluding hydrogens is 268 g/mol. The molecule has 0 aliphatic heterocycles. The molecule has 21 heavy (non-hydrogen) atoms. The Labute approximate surface area is 123 Å². The van der Waals surface area contributed by atoms with Gasteiger partial charge in [-0.25, -0.2) is 0 Å². The second-order valence-electron chi connectivity index (χ2n) is 4.92. The summed E-state index contributed by atoms with van der Waals surface area (Å²) in [6, 6.07) is 13.1. The Morgan fingerprint density at radius 1 is 1.19 bits per heavy atom. The van der Waals surface area contributed by atoms with Gasteiger partial charge in [-0.05, 0) is 31.5 Å². The molecule has 5 nitrogen and oxygen atoms in total. The van der Waals surface area contributed by atoms with E-state index in [1.807, 2.05) is 38.1 Å². The Bertz CT molecular complexity index is 638. The molecule has 0 saturated heterocycles. The highest BCUT2D eigenvalue weighted by Crippen LogP contribution is 2.31. The summed E-state index contributed by atoms with van der Waals surface area (Å²) in [4.78, 5) is 10.6. The van der Waals surface area contributed by atoms with Gasteiger partial charge in [-0.1, -0.05) is 29.8 Å². The van der Waals surface area contributed by atoms with Crippen LogP contribution in [0.1, 0.15) is 24.1 Å². The number of nitro benzene ring substituents is 1. The molecule has 2 aromatic rings. The molecule has 2 rings (SSSR count). The third kappa shape index (κ3) is 3.51. The Hall–Kier alpha value is -2.56. The molecule has 1 atom stereocenters. The van der Waals surface area contributed by atoms with Crippen LogP contribution in [0.2, 0.25) is 0 Å². The van der Waals surface area contributed by atoms with Gasteiger partial charge in [0, 0.05) is 17.8 Å². The smallest absolute Gasteiger partial charge is 0.312 e. The molecule has 0 radical (unpaired) electrons. The number of ether oxygens (including phenoxy) is 1. The summed E-state index contributed by atoms with van der Waals surface area (Å²) >= 11 is 0. The van der Waals surface area contributed by atoms with Crippen LogP contribution in [0.5, 0.6) is 5.75 Å². The Morgan fingerprint density at radius 2 is 1.86 bits per heavy atom. The molecule has 0 heterocycles. The third-order valence-corrected chi connectivity index (χ3v) is 3.34. The summed E-state index contributed by atoms with van der Waals surface area (Å²) in [5.74, 6) is 0.258. The number of anilines is 1. The van der Waals surface area contributed by atoms with Crippen LogP contribution in [-0.4, -0.2) is 12.0 Å². The summed E-state index contributed by atoms with van der Waals surface area (Å²) in [6.07, 6.45) is 0. The highest BCUT2D eigenvalue weighted by molar-refractivity contribution is 5.59. The van der Waals surface area contributed by atoms with Crippen molar-refractivity contribution in [1.29, 1.82) is 0 Å². The summed E-state index contributed by atoms with van der Waals surface area (Å²) in [7, 11) is 1.42. The Balaban J connectivity index is 2.21. The van der Waals surface area contributed by atoms with E-state index >= 15 is 0 Å². The minimum absolute atomic E-state index is 0.0430. The van der Waals surface area contributed by atoms with Crippen molar-refractivity contribution in [3.05, 3.63) is 63.7 Å². The Morgan fingerprint density at radius 3 is 2.43 bits per heavy atom. The van der Waals surface area contributed by atoms with Crippen molar-refractivity contribution in [2.75, 3.05) is 12.4 Å². The number of aryl methyl sites for hydroxylation is 1. The van der Waals surface area contributed by atoms with Crippen LogP contribution in [0, 0.1) is 17.0 Å². The van der Waals surface area contributed by atoms with Crippen molar-refractivity contribution in [3.63, 3.8) is 0 Å². The van der Waals surface area contributed by atoms with E-state index in [1.165, 1.54) is 18.7 Å². The number of methoxy groups -OCH3 is 1. The minimum atomic E-state index is -0.444. The van der Waals surface area contributed by atoms with Crippen molar-refractivity contribution in [1.82, 2.24) is 0 Å². The van der Waals surface area contributed by atoms with Gasteiger partial charge >= 0.3 is 5.69 Å². The fourth-order valence-corrected chi connectivity index (χ4v) is 2.11. The van der Waals surface area contributed by atoms with Crippen molar-refractivity contribution in [2.45, 2.75) is 19.9 Å². The van der Waals surface area contributed by atoms with Crippen LogP contribution in [-0.2, 0) is 0 Å². The average Bonchev–Trinajstić information content (AvgIpc) is 2.47. The molecule has 1 N–H and O–H groups in total. The van der Waals surface area contributed by atoms with Gasteiger partial charge in [0.1, 0.15) is 0 Å². The first-order valence-corrected chi connectivity index (χ1v) is 6.67. The molecule has 110 valence electrons. The maximum absolute atomic E-state index is 11.0. The van der Waals surface area contributed by atoms with E-state index in [2.05, 4.69) is 5.32 Å². The van der Waals surface area contributed by atoms with Crippen LogP contribution < -0.4 is 10.1 Å². The number of hydrogen-bond donors (Lipinski definition) is 1. The van der Waals surface area contributed by atoms with Gasteiger partial charge < -0.3 is 10.1 Å². The summed E-state index contributed by atoms with van der Waals surface area (Å²) < 4.78 is 4.99. The molecule has 1 unspecified atom stereocenters. The predicted molar refractivity (Wildman–Crippen MR) is 82.9 cm³/mol. The number of benzene rings is 2. The monoisotopic (exact) mass is 286 g/mol. The number of nitro groups is 1. The Kier molecular flexibility index (Phi) is 4.42. The number of nitrogens with one attached hydrogen (secondary N) is 1. The van der Waals surface area contributed by atoms with Gasteiger partial charge in [0.15, 0.2) is 5.75 Å². The first kappa shape index (κ1) is 14.8. The van der Waals surface area contributed by atoms with Gasteiger partial charge in [-0.2, -0.15) is 0 Å². The zero-order valence-electron chi connectivity index (χ0n) is 12.3. The largest absolute Gasteiger partial charge is 0.490 e. The maximum atomic E-state index is 11.0. The summed E-state index contributed by atoms with van der Waals surface area (Å²) in [5, 5.41) is 14.3. The zero-order chi connectivity index (χ0) is 15.4. The minimum Gasteiger partial charge on any atom is -0.490 e. The second kappa shape index (κ2) is 6.26. The lowest BCUT2D eigenvalue weighted by molar-refractivity contribution is -0.385. The zero-order valence-corrected chi connectivity index (χ0v) is 12.3. The van der Waals surface area contributed by atoms with E-state index < -0.39 is 4.92 Å². The van der Waals surface area contributed by atoms with Crippen LogP contribution in [0.3, 0.4) is 0 Å². The molecule has 2 aromatic carbocycles. The van der Waals surface area contributed by atoms with Gasteiger partial charge in [-0.3, -0.25) is 10.1 Å². The molecule has 5 heteroatoms. The normalized spacial score (nSPS) is 11.8. The van der Waals surface area contributed by atoms with Crippen LogP contribution >= 0.6 is 0 Å². The van der Waals surface area contributed by atoms with E-state index in [4.69, 9.17) is 4.74 Å². The molecule has 0 aliphatic rings. The fraction of sp³-hybridized carbons (Fsp3) is 0.250. The van der Waals surface area contributed by atoms with E-state index in [0.717, 1.165) is 5.56 Å². The SMILES string of the molecule is COc1ccc(NC(C)c2ccc(C)cc2)cc1[N+](=O)[O-]. The number of rotatable bonds is 5. The lowest BCUT2D eigenvalue weighted by Crippen LogP contribution is -2.07. The van der Waals surface area contributed by atoms with Crippen LogP contribution in [0.4, 0.5) is 11.4 Å². The van der Waals surface area contributed by atoms with Gasteiger partial charge in [-0.15, -0.1) is 0 Å². The lowest BCUT2D eigenvalue weighted by atomic mass is 10.1. The second-order valence-corrected chi connectivity index (χ2v) is 4.92. The van der Waals surface area contributed by atoms with Crippen LogP contribution in [0.15, 0.2) is 42.5 Å². The summed E-state index contributed by atoms with van der Waals surface area (Å²) in [6.45, 7) is 4.05. The topological polar surface area (TPSA) is 64.4 Å². The van der Waals surface area contributed by atoms with E-state index in [9.17, 15) is 10.1 Å². The number of hydrogen-bond acceptors (Lipinski definition) is 4. The molecule has 0 aliphatic carbocycles. The first-order chi connectivity index (χ1) is 10.0. The third-order valence-electron chi connectivity index (χ3n) is 3.34. The molecule has 0 amide bonds. The first-order valence-electron chi connectivity index (χ1n) is 6.67. The molecule has 0 aromatic heterocycles. The maximum Gasteiger partial charge on any atom is 0.312 e. The van der Waals surface area contributed by atoms with Crippen LogP contribution in [0.25, 0.3) is 0 Å². The van der Waals surface area contributed by atoms with E-state index in [1.54, 1.807) is 12.1 Å². The fourth-order valence-electron chi connectivity index (χ4n) is 2.11. The highest BCUT2D eigenvalue weighted by atomic mass is 16.6. The molecule has 0 saturated carbocycles. The molecule has 0 spiro atoms. The van der Waals surface area contributed by atoms with Crippen molar-refractivity contribution < 1.29 is 9.66 Å². The van der Waals surface area contributed by atoms with Gasteiger partial charge in [0.25, 0.3) is 0 Å². The average molecular weight is 286 g/mol. The van der Waals surface area contributed by atoms with Crippen molar-refractivity contribution in [3.8, 4) is 5.75 Å². The molecular formula is C16H18N2O3. The summed E-state index contributed by atoms with van der Waals surface area (Å²) in [5.41, 5.74) is 2.97. The predicted octanol–water partition coefficient (Wildman–Crippen LogP) is 4.08. The number of nitrogens with zero attached hydrogens (tertiary/aromatic N) is 1. The quantitative estimate of drug-likeness (QED) is 0.664. The van der Waals surface area contributed by atoms with Crippen molar-refractivity contribution >= 4 is 11.4 Å². The standard InChI is InChI=1S/C16H18N2O3/c1-11-4-6-13(7-5-11)12(2)17-14-8-9-16(21-3)15(10-14)18(19)20/h4-10,12,17H,1-3H3. The van der Waals surface area contributed by atoms with E-state index in [0.29, 0.717) is 5.69 Å². The van der Waals surface area contributed by atoms with E-state index in [-0.39, 0.29) is 17.5 Å². The highest BCUT2D eigenvalue weighted by Gasteiger charge is 2.16. The van der Waals surface area contributed by atoms with Gasteiger partial charge in [0.05, 0.1) is 12.0 Å². The lowest BCUT2D eigenvalue weighted by Gasteiger charge is -2.16. The molecule has 0 bridgehead atoms. The molecule has 0 fully saturated rings.